The van der Waals surface area contributed by atoms with Crippen molar-refractivity contribution in [2.24, 2.45) is 5.73 Å². The van der Waals surface area contributed by atoms with E-state index in [0.29, 0.717) is 0 Å². The molecule has 0 aliphatic carbocycles. The highest BCUT2D eigenvalue weighted by molar-refractivity contribution is 6.03. The number of hydrogen-bond donors (Lipinski definition) is 2. The van der Waals surface area contributed by atoms with Gasteiger partial charge in [-0.05, 0) is 94.2 Å². The minimum atomic E-state index is 0.0808. The highest BCUT2D eigenvalue weighted by Crippen LogP contribution is 2.36. The highest BCUT2D eigenvalue weighted by Gasteiger charge is 2.17. The first-order chi connectivity index (χ1) is 25.1. The molecule has 5 nitrogen and oxygen atoms in total. The number of anilines is 1. The van der Waals surface area contributed by atoms with Gasteiger partial charge in [-0.2, -0.15) is 0 Å². The topological polar surface area (TPSA) is 76.7 Å². The third-order valence-corrected chi connectivity index (χ3v) is 10.2. The second kappa shape index (κ2) is 12.8. The van der Waals surface area contributed by atoms with Crippen LogP contribution in [0.4, 0.5) is 5.69 Å². The summed E-state index contributed by atoms with van der Waals surface area (Å²) in [5.41, 5.74) is 17.6. The summed E-state index contributed by atoms with van der Waals surface area (Å²) in [5.74, 6) is 0.230. The summed E-state index contributed by atoms with van der Waals surface area (Å²) in [6.07, 6.45) is 12.1. The average molecular weight is 660 g/mol. The molecule has 3 aromatic heterocycles. The lowest BCUT2D eigenvalue weighted by Crippen LogP contribution is -2.12. The Balaban J connectivity index is 0.962. The van der Waals surface area contributed by atoms with E-state index in [4.69, 9.17) is 15.7 Å². The fourth-order valence-corrected chi connectivity index (χ4v) is 7.43. The maximum absolute atomic E-state index is 5.76. The molecule has 1 aliphatic rings. The first-order valence-corrected chi connectivity index (χ1v) is 17.7. The van der Waals surface area contributed by atoms with Gasteiger partial charge < -0.3 is 11.1 Å². The molecular formula is C46H37N5. The SMILES string of the molecule is CCCC(/C=C\N)c1ccc2ccc(-c3ccc4c(c3)C=CC(c3ccc5cc(-c6ccc7ccc8cccnc8c7n6)ccc5c3)N4)cc2n1. The summed E-state index contributed by atoms with van der Waals surface area (Å²) in [4.78, 5) is 14.7. The first kappa shape index (κ1) is 30.7. The van der Waals surface area contributed by atoms with Crippen LogP contribution in [0.25, 0.3) is 71.9 Å². The average Bonchev–Trinajstić information content (AvgIpc) is 3.19. The van der Waals surface area contributed by atoms with Crippen LogP contribution in [0.2, 0.25) is 0 Å². The van der Waals surface area contributed by atoms with Gasteiger partial charge in [0.05, 0.1) is 28.3 Å². The van der Waals surface area contributed by atoms with E-state index in [2.05, 4.69) is 151 Å². The van der Waals surface area contributed by atoms with E-state index in [1.54, 1.807) is 6.20 Å². The third-order valence-electron chi connectivity index (χ3n) is 10.2. The summed E-state index contributed by atoms with van der Waals surface area (Å²) in [7, 11) is 0. The van der Waals surface area contributed by atoms with Gasteiger partial charge in [0.2, 0.25) is 0 Å². The molecule has 5 heteroatoms. The van der Waals surface area contributed by atoms with E-state index in [9.17, 15) is 0 Å². The zero-order valence-corrected chi connectivity index (χ0v) is 28.4. The number of rotatable bonds is 7. The molecule has 246 valence electrons. The van der Waals surface area contributed by atoms with E-state index in [-0.39, 0.29) is 12.0 Å². The predicted octanol–water partition coefficient (Wildman–Crippen LogP) is 11.4. The second-order valence-corrected chi connectivity index (χ2v) is 13.4. The first-order valence-electron chi connectivity index (χ1n) is 17.7. The van der Waals surface area contributed by atoms with Crippen LogP contribution in [0.3, 0.4) is 0 Å². The van der Waals surface area contributed by atoms with E-state index in [1.807, 2.05) is 12.3 Å². The number of hydrogen-bond acceptors (Lipinski definition) is 5. The Morgan fingerprint density at radius 2 is 1.45 bits per heavy atom. The van der Waals surface area contributed by atoms with Crippen LogP contribution in [0, 0.1) is 0 Å². The molecule has 2 unspecified atom stereocenters. The van der Waals surface area contributed by atoms with Gasteiger partial charge in [-0.1, -0.05) is 104 Å². The fraction of sp³-hybridized carbons (Fsp3) is 0.109. The van der Waals surface area contributed by atoms with Crippen molar-refractivity contribution in [3.63, 3.8) is 0 Å². The summed E-state index contributed by atoms with van der Waals surface area (Å²) in [6, 6.07) is 43.4. The smallest absolute Gasteiger partial charge is 0.0972 e. The standard InChI is InChI=1S/C46H37N5/c1-2-4-29(22-23-47)40-18-14-30-6-9-36(28-44(30)50-40)35-16-20-41-39(27-35)17-21-42(49-41)37-12-10-34-26-38(13-11-33(34)25-37)43-19-15-32-8-7-31-5-3-24-48-45(31)46(32)51-43/h3,5-29,42,49H,2,4,47H2,1H3/b23-22-. The Kier molecular flexibility index (Phi) is 7.74. The number of pyridine rings is 3. The summed E-state index contributed by atoms with van der Waals surface area (Å²) in [5, 5.41) is 9.49. The molecule has 0 saturated heterocycles. The lowest BCUT2D eigenvalue weighted by Gasteiger charge is -2.24. The monoisotopic (exact) mass is 659 g/mol. The van der Waals surface area contributed by atoms with Crippen LogP contribution in [0.15, 0.2) is 146 Å². The van der Waals surface area contributed by atoms with E-state index >= 15 is 0 Å². The molecule has 8 aromatic rings. The molecule has 9 rings (SSSR count). The van der Waals surface area contributed by atoms with Gasteiger partial charge in [0.15, 0.2) is 0 Å². The third kappa shape index (κ3) is 5.77. The maximum Gasteiger partial charge on any atom is 0.0972 e. The molecule has 2 atom stereocenters. The Morgan fingerprint density at radius 3 is 2.35 bits per heavy atom. The van der Waals surface area contributed by atoms with Crippen molar-refractivity contribution in [2.45, 2.75) is 31.7 Å². The lowest BCUT2D eigenvalue weighted by atomic mass is 9.94. The lowest BCUT2D eigenvalue weighted by molar-refractivity contribution is 0.700. The van der Waals surface area contributed by atoms with Crippen molar-refractivity contribution in [2.75, 3.05) is 5.32 Å². The Morgan fingerprint density at radius 1 is 0.706 bits per heavy atom. The molecular weight excluding hydrogens is 623 g/mol. The minimum Gasteiger partial charge on any atom is -0.405 e. The molecule has 0 radical (unpaired) electrons. The van der Waals surface area contributed by atoms with Crippen molar-refractivity contribution in [3.05, 3.63) is 163 Å². The van der Waals surface area contributed by atoms with Gasteiger partial charge in [0.1, 0.15) is 0 Å². The van der Waals surface area contributed by atoms with Crippen molar-refractivity contribution in [1.29, 1.82) is 0 Å². The van der Waals surface area contributed by atoms with Crippen molar-refractivity contribution in [1.82, 2.24) is 15.0 Å². The number of benzene rings is 5. The molecule has 0 bridgehead atoms. The van der Waals surface area contributed by atoms with Crippen LogP contribution < -0.4 is 11.1 Å². The van der Waals surface area contributed by atoms with Crippen LogP contribution >= 0.6 is 0 Å². The summed E-state index contributed by atoms with van der Waals surface area (Å²) < 4.78 is 0. The number of fused-ring (bicyclic) bond motifs is 6. The normalized spacial score (nSPS) is 14.7. The molecule has 3 N–H and O–H groups in total. The minimum absolute atomic E-state index is 0.0808. The summed E-state index contributed by atoms with van der Waals surface area (Å²) in [6.45, 7) is 2.19. The summed E-state index contributed by atoms with van der Waals surface area (Å²) >= 11 is 0. The molecule has 1 aliphatic heterocycles. The van der Waals surface area contributed by atoms with Gasteiger partial charge in [-0.3, -0.25) is 9.97 Å². The van der Waals surface area contributed by atoms with Gasteiger partial charge in [0, 0.05) is 45.2 Å². The fourth-order valence-electron chi connectivity index (χ4n) is 7.43. The number of nitrogens with zero attached hydrogens (tertiary/aromatic N) is 3. The Labute approximate surface area is 297 Å². The van der Waals surface area contributed by atoms with E-state index in [0.717, 1.165) is 73.8 Å². The molecule has 4 heterocycles. The molecule has 0 saturated carbocycles. The van der Waals surface area contributed by atoms with Gasteiger partial charge in [0.25, 0.3) is 0 Å². The number of allylic oxidation sites excluding steroid dienone is 1. The Hall–Kier alpha value is -6.33. The van der Waals surface area contributed by atoms with Crippen LogP contribution in [0.5, 0.6) is 0 Å². The van der Waals surface area contributed by atoms with Crippen LogP contribution in [-0.4, -0.2) is 15.0 Å². The number of nitrogens with one attached hydrogen (secondary N) is 1. The van der Waals surface area contributed by atoms with Crippen molar-refractivity contribution in [3.8, 4) is 22.4 Å². The molecule has 0 amide bonds. The van der Waals surface area contributed by atoms with E-state index in [1.165, 1.54) is 27.5 Å². The van der Waals surface area contributed by atoms with Crippen molar-refractivity contribution >= 4 is 55.2 Å². The number of aromatic nitrogens is 3. The van der Waals surface area contributed by atoms with Crippen LogP contribution in [0.1, 0.15) is 48.5 Å². The zero-order chi connectivity index (χ0) is 34.3. The van der Waals surface area contributed by atoms with Crippen LogP contribution in [-0.2, 0) is 0 Å². The maximum atomic E-state index is 5.76. The molecule has 5 aromatic carbocycles. The number of nitrogens with two attached hydrogens (primary N) is 1. The largest absolute Gasteiger partial charge is 0.405 e. The zero-order valence-electron chi connectivity index (χ0n) is 28.4. The molecule has 51 heavy (non-hydrogen) atoms. The predicted molar refractivity (Wildman–Crippen MR) is 214 cm³/mol. The van der Waals surface area contributed by atoms with Gasteiger partial charge in [-0.15, -0.1) is 0 Å². The highest BCUT2D eigenvalue weighted by atomic mass is 14.9. The van der Waals surface area contributed by atoms with Gasteiger partial charge in [-0.25, -0.2) is 4.98 Å². The second-order valence-electron chi connectivity index (χ2n) is 13.4. The van der Waals surface area contributed by atoms with Crippen molar-refractivity contribution < 1.29 is 0 Å². The van der Waals surface area contributed by atoms with E-state index < -0.39 is 0 Å². The molecule has 0 spiro atoms. The quantitative estimate of drug-likeness (QED) is 0.167. The Bertz CT molecular complexity index is 2670. The van der Waals surface area contributed by atoms with Gasteiger partial charge >= 0.3 is 0 Å². The molecule has 0 fully saturated rings.